The van der Waals surface area contributed by atoms with Crippen LogP contribution in [0.15, 0.2) is 0 Å². The molecule has 4 atom stereocenters. The lowest BCUT2D eigenvalue weighted by Gasteiger charge is -2.41. The molecule has 0 saturated carbocycles. The fourth-order valence-electron chi connectivity index (χ4n) is 5.50. The third-order valence-electron chi connectivity index (χ3n) is 6.98. The minimum atomic E-state index is -4.63. The second-order valence-electron chi connectivity index (χ2n) is 20.7. The minimum Gasteiger partial charge on any atom is -0.480 e. The van der Waals surface area contributed by atoms with Crippen LogP contribution in [0.4, 0.5) is 0 Å². The van der Waals surface area contributed by atoms with Crippen LogP contribution in [0, 0.1) is 0 Å². The maximum absolute atomic E-state index is 15.7. The van der Waals surface area contributed by atoms with Crippen LogP contribution in [0.25, 0.3) is 0 Å². The van der Waals surface area contributed by atoms with Crippen LogP contribution in [0.2, 0.25) is 118 Å². The summed E-state index contributed by atoms with van der Waals surface area (Å²) in [6.07, 6.45) is 0. The zero-order chi connectivity index (χ0) is 48.4. The van der Waals surface area contributed by atoms with Crippen LogP contribution in [0.1, 0.15) is 0 Å². The van der Waals surface area contributed by atoms with E-state index < -0.39 is 143 Å². The summed E-state index contributed by atoms with van der Waals surface area (Å²) >= 11 is 0. The third-order valence-corrected chi connectivity index (χ3v) is 26.8. The fraction of sp³-hybridized carbons (Fsp3) is 0.906. The first-order chi connectivity index (χ1) is 27.0. The summed E-state index contributed by atoms with van der Waals surface area (Å²) in [7, 11) is -27.4. The fourth-order valence-corrected chi connectivity index (χ4v) is 28.4. The van der Waals surface area contributed by atoms with Crippen LogP contribution in [-0.4, -0.2) is 167 Å². The lowest BCUT2D eigenvalue weighted by molar-refractivity contribution is -0.140. The quantitative estimate of drug-likeness (QED) is 0.0422. The Morgan fingerprint density at radius 3 is 1.16 bits per heavy atom. The van der Waals surface area contributed by atoms with Gasteiger partial charge in [-0.05, 0) is 127 Å². The van der Waals surface area contributed by atoms with Gasteiger partial charge in [0, 0.05) is 26.2 Å². The largest absolute Gasteiger partial charge is 0.546 e. The normalized spacial score (nSPS) is 16.5. The van der Waals surface area contributed by atoms with Gasteiger partial charge in [0.05, 0.1) is 32.7 Å². The molecule has 0 aromatic rings. The summed E-state index contributed by atoms with van der Waals surface area (Å²) in [5.41, 5.74) is 0. The maximum atomic E-state index is 15.7. The highest BCUT2D eigenvalue weighted by molar-refractivity contribution is 7.70. The number of carboxylic acid groups (broad SMARTS) is 3. The number of nitrogens with zero attached hydrogens (tertiary/aromatic N) is 3. The second-order valence-corrected chi connectivity index (χ2v) is 55.2. The molecule has 0 aromatic heterocycles. The standard InChI is InChI=1S/C32H73N3O16P4Si6/c1-56(2,3)46-31(52-42,53(43)48-58(7,8)9)26-34(24-29(38)39)21-19-33(23-28(36)37)20-22-35(25-30(40)41)27-32(47-57(4,5)6,54(44)49-59(10,11)12)55(45,50-60(13,14)15)51-61(16,17)18/h19-27H2,1-18H3,(H-2,36,37,38,39,40,41)/p+2. The van der Waals surface area contributed by atoms with Crippen molar-refractivity contribution in [2.45, 2.75) is 128 Å². The Labute approximate surface area is 373 Å². The first-order valence-corrected chi connectivity index (χ1v) is 45.0. The van der Waals surface area contributed by atoms with E-state index in [1.165, 1.54) is 14.7 Å². The molecule has 0 aliphatic carbocycles. The molecule has 29 heteroatoms. The molecule has 0 amide bonds. The van der Waals surface area contributed by atoms with E-state index in [1.54, 1.807) is 118 Å². The van der Waals surface area contributed by atoms with E-state index in [0.717, 1.165) is 0 Å². The van der Waals surface area contributed by atoms with Crippen LogP contribution in [0.3, 0.4) is 0 Å². The average Bonchev–Trinajstić information content (AvgIpc) is 2.95. The molecule has 0 spiro atoms. The summed E-state index contributed by atoms with van der Waals surface area (Å²) in [6.45, 7) is 29.0. The predicted molar refractivity (Wildman–Crippen MR) is 255 cm³/mol. The molecule has 61 heavy (non-hydrogen) atoms. The van der Waals surface area contributed by atoms with Crippen molar-refractivity contribution in [2.75, 3.05) is 58.9 Å². The molecule has 0 aromatic carbocycles. The summed E-state index contributed by atoms with van der Waals surface area (Å²) < 4.78 is 95.2. The Hall–Kier alpha value is -0.119. The summed E-state index contributed by atoms with van der Waals surface area (Å²) in [5, 5.41) is 25.8. The van der Waals surface area contributed by atoms with Gasteiger partial charge in [0.15, 0.2) is 33.3 Å². The van der Waals surface area contributed by atoms with Gasteiger partial charge in [-0.25, -0.2) is 0 Å². The second kappa shape index (κ2) is 23.6. The van der Waals surface area contributed by atoms with Gasteiger partial charge >= 0.3 is 51.7 Å². The van der Waals surface area contributed by atoms with Crippen LogP contribution >= 0.6 is 32.1 Å². The van der Waals surface area contributed by atoms with Gasteiger partial charge in [0.2, 0.25) is 0 Å². The summed E-state index contributed by atoms with van der Waals surface area (Å²) in [4.78, 5) is 41.0. The number of rotatable bonds is 32. The number of hydrogen-bond donors (Lipinski definition) is 3. The van der Waals surface area contributed by atoms with Gasteiger partial charge in [-0.15, -0.1) is 0 Å². The van der Waals surface area contributed by atoms with E-state index in [1.807, 2.05) is 0 Å². The molecule has 0 bridgehead atoms. The van der Waals surface area contributed by atoms with Gasteiger partial charge in [0.1, 0.15) is 0 Å². The molecule has 0 aliphatic heterocycles. The van der Waals surface area contributed by atoms with Crippen LogP contribution < -0.4 is 0 Å². The Bertz CT molecular complexity index is 1580. The van der Waals surface area contributed by atoms with Crippen LogP contribution in [-0.2, 0) is 58.3 Å². The SMILES string of the molecule is C[Si](C)(C)O[P+](=O)C(CN(CCN(CCN(CC(=O)O)CC(O[Si](C)(C)C)([P+](=O)O[Si](C)(C)C)P(=O)(O[Si](C)(C)C)O[Si](C)(C)C)CC(=O)O)CC(=O)O)(O[Si](C)(C)C)P=O. The van der Waals surface area contributed by atoms with Crippen molar-refractivity contribution >= 4 is 99.9 Å². The van der Waals surface area contributed by atoms with E-state index in [-0.39, 0.29) is 26.2 Å². The van der Waals surface area contributed by atoms with Gasteiger partial charge in [-0.1, -0.05) is 0 Å². The zero-order valence-corrected chi connectivity index (χ0v) is 49.2. The molecule has 4 unspecified atom stereocenters. The first kappa shape index (κ1) is 60.9. The van der Waals surface area contributed by atoms with Gasteiger partial charge < -0.3 is 32.6 Å². The molecule has 0 aliphatic rings. The number of carboxylic acids is 3. The van der Waals surface area contributed by atoms with Crippen molar-refractivity contribution in [1.82, 2.24) is 14.7 Å². The molecular formula is C32H75N3O16P4Si6+2. The lowest BCUT2D eigenvalue weighted by atomic mass is 10.3. The molecule has 3 N–H and O–H groups in total. The molecule has 356 valence electrons. The van der Waals surface area contributed by atoms with Crippen molar-refractivity contribution in [1.29, 1.82) is 0 Å². The minimum absolute atomic E-state index is 0.107. The molecule has 0 rings (SSSR count). The number of carbonyl (C=O) groups is 3. The smallest absolute Gasteiger partial charge is 0.480 e. The summed E-state index contributed by atoms with van der Waals surface area (Å²) in [5.74, 6) is -3.80. The highest BCUT2D eigenvalue weighted by Gasteiger charge is 2.73. The molecule has 0 radical (unpaired) electrons. The van der Waals surface area contributed by atoms with Crippen LogP contribution in [0.5, 0.6) is 0 Å². The Balaban J connectivity index is 7.45. The highest BCUT2D eigenvalue weighted by atomic mass is 31.2. The first-order valence-electron chi connectivity index (χ1n) is 19.9. The Morgan fingerprint density at radius 2 is 0.852 bits per heavy atom. The lowest BCUT2D eigenvalue weighted by Crippen LogP contribution is -2.54. The molecule has 19 nitrogen and oxygen atoms in total. The molecule has 0 saturated heterocycles. The number of aliphatic carboxylic acids is 3. The maximum Gasteiger partial charge on any atom is 0.546 e. The van der Waals surface area contributed by atoms with E-state index in [0.29, 0.717) is 0 Å². The third kappa shape index (κ3) is 24.8. The zero-order valence-electron chi connectivity index (χ0n) is 39.6. The molecule has 0 heterocycles. The predicted octanol–water partition coefficient (Wildman–Crippen LogP) is 8.53. The van der Waals surface area contributed by atoms with E-state index >= 15 is 4.57 Å². The van der Waals surface area contributed by atoms with E-state index in [4.69, 9.17) is 25.7 Å². The van der Waals surface area contributed by atoms with Crippen molar-refractivity contribution in [2.24, 2.45) is 0 Å². The van der Waals surface area contributed by atoms with E-state index in [9.17, 15) is 43.4 Å². The molecule has 0 fully saturated rings. The average molecular weight is 1050 g/mol. The number of hydrogen-bond acceptors (Lipinski definition) is 16. The van der Waals surface area contributed by atoms with Crippen molar-refractivity contribution < 1.29 is 73.7 Å². The van der Waals surface area contributed by atoms with Gasteiger partial charge in [-0.2, -0.15) is 8.43 Å². The monoisotopic (exact) mass is 1050 g/mol. The van der Waals surface area contributed by atoms with Crippen molar-refractivity contribution in [3.05, 3.63) is 0 Å². The summed E-state index contributed by atoms with van der Waals surface area (Å²) in [6, 6.07) is 0. The van der Waals surface area contributed by atoms with Crippen molar-refractivity contribution in [3.63, 3.8) is 0 Å². The Morgan fingerprint density at radius 1 is 0.525 bits per heavy atom. The molecular weight excluding hydrogens is 975 g/mol. The van der Waals surface area contributed by atoms with E-state index in [2.05, 4.69) is 0 Å². The van der Waals surface area contributed by atoms with Gasteiger partial charge in [-0.3, -0.25) is 38.2 Å². The van der Waals surface area contributed by atoms with Crippen molar-refractivity contribution in [3.8, 4) is 0 Å². The van der Waals surface area contributed by atoms with Gasteiger partial charge in [0.25, 0.3) is 25.1 Å². The Kier molecular flexibility index (Phi) is 23.5. The topological polar surface area (TPSA) is 245 Å². The highest BCUT2D eigenvalue weighted by Crippen LogP contribution is 2.73.